The summed E-state index contributed by atoms with van der Waals surface area (Å²) in [6, 6.07) is 14.2. The van der Waals surface area contributed by atoms with Crippen molar-refractivity contribution in [3.63, 3.8) is 0 Å². The summed E-state index contributed by atoms with van der Waals surface area (Å²) in [4.78, 5) is 34.5. The number of amides is 2. The van der Waals surface area contributed by atoms with Crippen LogP contribution >= 0.6 is 0 Å². The van der Waals surface area contributed by atoms with Crippen LogP contribution in [-0.2, 0) is 27.7 Å². The predicted octanol–water partition coefficient (Wildman–Crippen LogP) is 5.64. The molecule has 8 aromatic rings. The second kappa shape index (κ2) is 16.6. The molecule has 2 amide bonds. The van der Waals surface area contributed by atoms with Crippen LogP contribution in [0.25, 0.3) is 43.6 Å². The lowest BCUT2D eigenvalue weighted by Crippen LogP contribution is -2.44. The number of methoxy groups -OCH3 is 2. The number of nitrogens with zero attached hydrogens (tertiary/aromatic N) is 10. The van der Waals surface area contributed by atoms with Crippen molar-refractivity contribution in [2.75, 3.05) is 73.9 Å². The lowest BCUT2D eigenvalue weighted by Gasteiger charge is -2.35. The maximum atomic E-state index is 14.8. The Morgan fingerprint density at radius 3 is 1.85 bits per heavy atom. The van der Waals surface area contributed by atoms with Crippen LogP contribution in [0, 0.1) is 11.8 Å². The molecule has 8 heterocycles. The Morgan fingerprint density at radius 1 is 0.647 bits per heavy atom. The maximum absolute atomic E-state index is 14.8. The van der Waals surface area contributed by atoms with Crippen LogP contribution in [0.15, 0.2) is 67.3 Å². The topological polar surface area (TPSA) is 178 Å². The van der Waals surface area contributed by atoms with Crippen molar-refractivity contribution in [2.24, 2.45) is 33.0 Å². The molecule has 4 saturated heterocycles. The summed E-state index contributed by atoms with van der Waals surface area (Å²) in [5, 5.41) is 36.5. The van der Waals surface area contributed by atoms with Gasteiger partial charge in [0, 0.05) is 110 Å². The number of nitrogens with one attached hydrogen (secondary N) is 4. The van der Waals surface area contributed by atoms with Gasteiger partial charge in [-0.05, 0) is 99.6 Å². The van der Waals surface area contributed by atoms with E-state index in [1.807, 2.05) is 80.8 Å². The zero-order valence-corrected chi connectivity index (χ0v) is 39.0. The van der Waals surface area contributed by atoms with Gasteiger partial charge in [0.1, 0.15) is 22.5 Å². The number of piperidine rings is 2. The van der Waals surface area contributed by atoms with Gasteiger partial charge in [0.2, 0.25) is 0 Å². The number of aromatic nitrogens is 8. The van der Waals surface area contributed by atoms with E-state index in [1.165, 1.54) is 0 Å². The Morgan fingerprint density at radius 2 is 1.22 bits per heavy atom. The molecule has 350 valence electrons. The Bertz CT molecular complexity index is 3310. The summed E-state index contributed by atoms with van der Waals surface area (Å²) in [5.74, 6) is 1.49. The molecule has 0 bridgehead atoms. The third kappa shape index (κ3) is 7.15. The largest absolute Gasteiger partial charge is 0.494 e. The van der Waals surface area contributed by atoms with Gasteiger partial charge in [-0.15, -0.1) is 0 Å². The van der Waals surface area contributed by atoms with Gasteiger partial charge in [0.15, 0.2) is 0 Å². The third-order valence-electron chi connectivity index (χ3n) is 14.9. The van der Waals surface area contributed by atoms with Gasteiger partial charge in [-0.25, -0.2) is 0 Å². The van der Waals surface area contributed by atoms with Crippen LogP contribution in [-0.4, -0.2) is 117 Å². The van der Waals surface area contributed by atoms with Crippen molar-refractivity contribution in [1.29, 1.82) is 0 Å². The first-order valence-electron chi connectivity index (χ1n) is 23.7. The van der Waals surface area contributed by atoms with Crippen molar-refractivity contribution in [3.05, 3.63) is 83.9 Å². The Balaban J connectivity index is 0.986. The average Bonchev–Trinajstić information content (AvgIpc) is 4.20. The fraction of sp³-hybridized carbons (Fsp3) is 0.400. The average molecular weight is 917 g/mol. The summed E-state index contributed by atoms with van der Waals surface area (Å²) < 4.78 is 18.8. The number of carbonyl (C=O) groups is 2. The number of benzene rings is 4. The molecule has 18 nitrogen and oxygen atoms in total. The molecule has 12 rings (SSSR count). The van der Waals surface area contributed by atoms with Gasteiger partial charge in [-0.3, -0.25) is 28.3 Å². The lowest BCUT2D eigenvalue weighted by molar-refractivity contribution is 0.101. The van der Waals surface area contributed by atoms with E-state index in [4.69, 9.17) is 19.7 Å². The van der Waals surface area contributed by atoms with Crippen LogP contribution in [0.4, 0.5) is 22.7 Å². The van der Waals surface area contributed by atoms with Crippen LogP contribution < -0.4 is 40.5 Å². The Kier molecular flexibility index (Phi) is 10.3. The highest BCUT2D eigenvalue weighted by Crippen LogP contribution is 2.43. The molecule has 4 atom stereocenters. The van der Waals surface area contributed by atoms with E-state index in [0.29, 0.717) is 75.5 Å². The van der Waals surface area contributed by atoms with Gasteiger partial charge in [0.05, 0.1) is 60.0 Å². The van der Waals surface area contributed by atoms with Crippen LogP contribution in [0.3, 0.4) is 0 Å². The maximum Gasteiger partial charge on any atom is 0.258 e. The molecule has 0 aliphatic carbocycles. The fourth-order valence-electron chi connectivity index (χ4n) is 11.8. The molecule has 4 aliphatic heterocycles. The molecule has 4 aliphatic rings. The first-order valence-corrected chi connectivity index (χ1v) is 23.7. The summed E-state index contributed by atoms with van der Waals surface area (Å²) in [6.45, 7) is 6.05. The molecule has 2 unspecified atom stereocenters. The minimum Gasteiger partial charge on any atom is -0.494 e. The lowest BCUT2D eigenvalue weighted by atomic mass is 9.93. The molecule has 0 spiro atoms. The molecule has 0 radical (unpaired) electrons. The van der Waals surface area contributed by atoms with E-state index in [2.05, 4.69) is 53.5 Å². The highest BCUT2D eigenvalue weighted by Gasteiger charge is 2.39. The number of ether oxygens (including phenoxy) is 2. The fourth-order valence-corrected chi connectivity index (χ4v) is 11.8. The number of anilines is 4. The second-order valence-electron chi connectivity index (χ2n) is 19.1. The molecule has 4 aromatic carbocycles. The SMILES string of the molecule is COc1cc2nn(C)cc2cc1NC(=O)c1ccc(N2CC[C@@H]3CNCC[C@@H]32)c2cn(Cc3cc(C(=O)Nc4cc5cn(C)nc5cc4OC)c4nn(C)cc4c3N3CCC4CNCCC43)nc12. The summed E-state index contributed by atoms with van der Waals surface area (Å²) in [6.07, 6.45) is 12.2. The van der Waals surface area contributed by atoms with Gasteiger partial charge in [0.25, 0.3) is 11.8 Å². The minimum atomic E-state index is -0.304. The van der Waals surface area contributed by atoms with E-state index in [0.717, 1.165) is 114 Å². The Hall–Kier alpha value is -7.18. The van der Waals surface area contributed by atoms with Crippen LogP contribution in [0.2, 0.25) is 0 Å². The minimum absolute atomic E-state index is 0.292. The summed E-state index contributed by atoms with van der Waals surface area (Å²) in [5.41, 5.74) is 7.85. The second-order valence-corrected chi connectivity index (χ2v) is 19.1. The molecule has 4 fully saturated rings. The van der Waals surface area contributed by atoms with Crippen LogP contribution in [0.1, 0.15) is 52.0 Å². The van der Waals surface area contributed by atoms with E-state index in [1.54, 1.807) is 28.3 Å². The number of hydrogen-bond donors (Lipinski definition) is 4. The van der Waals surface area contributed by atoms with Crippen molar-refractivity contribution in [2.45, 2.75) is 44.3 Å². The van der Waals surface area contributed by atoms with Gasteiger partial charge in [-0.2, -0.15) is 20.4 Å². The molecular weight excluding hydrogens is 861 g/mol. The number of hydrogen-bond acceptors (Lipinski definition) is 12. The van der Waals surface area contributed by atoms with Gasteiger partial charge in [-0.1, -0.05) is 0 Å². The standard InChI is InChI=1S/C50H56N14O4/c1-59-23-30-17-39(44(67-4)19-37(30)55-59)53-49(65)33-6-7-43(63-14-10-28-21-51-12-8-41(28)63)35-27-62(58-46(33)35)25-32-16-34(50(66)54-40-18-31-24-60(2)56-38(31)20-45(40)68-5)47-36(26-61(3)57-47)48(32)64-15-11-29-22-52-13-9-42(29)64/h6-7,16-20,23-24,26-29,41-42,51-52H,8-15,21-22,25H2,1-5H3,(H,53,65)(H,54,66)/t28-,29?,41+,42?/m1/s1. The van der Waals surface area contributed by atoms with Crippen molar-refractivity contribution in [3.8, 4) is 11.5 Å². The van der Waals surface area contributed by atoms with Crippen molar-refractivity contribution in [1.82, 2.24) is 49.8 Å². The normalized spacial score (nSPS) is 20.4. The van der Waals surface area contributed by atoms with E-state index < -0.39 is 0 Å². The summed E-state index contributed by atoms with van der Waals surface area (Å²) in [7, 11) is 8.83. The quantitative estimate of drug-likeness (QED) is 0.133. The smallest absolute Gasteiger partial charge is 0.258 e. The van der Waals surface area contributed by atoms with Gasteiger partial charge >= 0.3 is 0 Å². The number of fused-ring (bicyclic) bond motifs is 6. The first kappa shape index (κ1) is 42.2. The number of carbonyl (C=O) groups excluding carboxylic acids is 2. The van der Waals surface area contributed by atoms with E-state index in [-0.39, 0.29) is 11.8 Å². The molecule has 0 saturated carbocycles. The van der Waals surface area contributed by atoms with Crippen molar-refractivity contribution >= 4 is 78.2 Å². The number of aryl methyl sites for hydroxylation is 3. The number of rotatable bonds is 10. The molecule has 68 heavy (non-hydrogen) atoms. The van der Waals surface area contributed by atoms with E-state index in [9.17, 15) is 9.59 Å². The molecule has 18 heteroatoms. The highest BCUT2D eigenvalue weighted by atomic mass is 16.5. The monoisotopic (exact) mass is 916 g/mol. The molecular formula is C50H56N14O4. The van der Waals surface area contributed by atoms with Crippen molar-refractivity contribution < 1.29 is 19.1 Å². The zero-order valence-electron chi connectivity index (χ0n) is 39.0. The van der Waals surface area contributed by atoms with E-state index >= 15 is 0 Å². The zero-order chi connectivity index (χ0) is 46.4. The third-order valence-corrected chi connectivity index (χ3v) is 14.9. The molecule has 4 aromatic heterocycles. The Labute approximate surface area is 392 Å². The first-order chi connectivity index (χ1) is 33.1. The predicted molar refractivity (Wildman–Crippen MR) is 263 cm³/mol. The highest BCUT2D eigenvalue weighted by molar-refractivity contribution is 6.16. The van der Waals surface area contributed by atoms with Crippen LogP contribution in [0.5, 0.6) is 11.5 Å². The van der Waals surface area contributed by atoms with Gasteiger partial charge < -0.3 is 40.5 Å². The summed E-state index contributed by atoms with van der Waals surface area (Å²) >= 11 is 0. The molecule has 4 N–H and O–H groups in total.